The first-order chi connectivity index (χ1) is 16.3. The highest BCUT2D eigenvalue weighted by molar-refractivity contribution is 6.32. The highest BCUT2D eigenvalue weighted by Crippen LogP contribution is 2.48. The molecule has 0 saturated carbocycles. The summed E-state index contributed by atoms with van der Waals surface area (Å²) in [6, 6.07) is 9.78. The number of fused-ring (bicyclic) bond motifs is 2. The molecule has 0 spiro atoms. The standard InChI is InChI=1S/C27H34ClN3O4/c1-26(2,3)34-24(32)30-18-9-7-16(8-10-18)21-13-17(15-29-23(21)28)20-14-19-11-12-22(20)31(19)25(33)35-27(4,5)6/h7-10,13,15,19-20,22H,11-12,14H2,1-6H3,(H,30,32)/t19-,20+,22+/m0/s1. The molecule has 3 atom stereocenters. The van der Waals surface area contributed by atoms with Gasteiger partial charge < -0.3 is 14.4 Å². The number of carbonyl (C=O) groups is 2. The summed E-state index contributed by atoms with van der Waals surface area (Å²) in [5.74, 6) is 0.192. The van der Waals surface area contributed by atoms with E-state index in [4.69, 9.17) is 21.1 Å². The Kier molecular flexibility index (Phi) is 6.75. The van der Waals surface area contributed by atoms with Gasteiger partial charge >= 0.3 is 12.2 Å². The minimum atomic E-state index is -0.567. The Labute approximate surface area is 212 Å². The Morgan fingerprint density at radius 3 is 2.31 bits per heavy atom. The second-order valence-corrected chi connectivity index (χ2v) is 11.7. The summed E-state index contributed by atoms with van der Waals surface area (Å²) < 4.78 is 11.0. The monoisotopic (exact) mass is 499 g/mol. The number of pyridine rings is 1. The van der Waals surface area contributed by atoms with E-state index in [1.165, 1.54) is 0 Å². The number of ether oxygens (including phenoxy) is 2. The molecule has 2 amide bonds. The summed E-state index contributed by atoms with van der Waals surface area (Å²) >= 11 is 6.48. The fraction of sp³-hybridized carbons (Fsp3) is 0.519. The summed E-state index contributed by atoms with van der Waals surface area (Å²) in [6.45, 7) is 11.1. The second-order valence-electron chi connectivity index (χ2n) is 11.3. The van der Waals surface area contributed by atoms with E-state index in [0.717, 1.165) is 36.0 Å². The van der Waals surface area contributed by atoms with Crippen molar-refractivity contribution in [3.63, 3.8) is 0 Å². The Hall–Kier alpha value is -2.80. The molecule has 188 valence electrons. The van der Waals surface area contributed by atoms with Crippen molar-refractivity contribution >= 4 is 29.5 Å². The number of halogens is 1. The first kappa shape index (κ1) is 25.3. The molecule has 0 aliphatic carbocycles. The van der Waals surface area contributed by atoms with E-state index in [1.54, 1.807) is 0 Å². The third kappa shape index (κ3) is 5.89. The van der Waals surface area contributed by atoms with Crippen molar-refractivity contribution in [1.82, 2.24) is 9.88 Å². The fourth-order valence-corrected chi connectivity index (χ4v) is 5.18. The van der Waals surface area contributed by atoms with Crippen molar-refractivity contribution in [2.45, 2.75) is 90.0 Å². The van der Waals surface area contributed by atoms with Gasteiger partial charge in [-0.1, -0.05) is 23.7 Å². The summed E-state index contributed by atoms with van der Waals surface area (Å²) in [5.41, 5.74) is 2.33. The number of aromatic nitrogens is 1. The molecular weight excluding hydrogens is 466 g/mol. The molecular formula is C27H34ClN3O4. The summed E-state index contributed by atoms with van der Waals surface area (Å²) in [5, 5.41) is 3.15. The molecule has 1 aromatic heterocycles. The molecule has 3 heterocycles. The average molecular weight is 500 g/mol. The SMILES string of the molecule is CC(C)(C)OC(=O)Nc1ccc(-c2cc([C@H]3C[C@@H]4CC[C@H]3N4C(=O)OC(C)(C)C)cnc2Cl)cc1. The zero-order valence-corrected chi connectivity index (χ0v) is 22.0. The number of rotatable bonds is 3. The van der Waals surface area contributed by atoms with E-state index >= 15 is 0 Å². The molecule has 2 aliphatic rings. The largest absolute Gasteiger partial charge is 0.444 e. The Balaban J connectivity index is 1.51. The molecule has 2 saturated heterocycles. The zero-order chi connectivity index (χ0) is 25.5. The van der Waals surface area contributed by atoms with Gasteiger partial charge in [-0.3, -0.25) is 5.32 Å². The lowest BCUT2D eigenvalue weighted by atomic mass is 9.84. The van der Waals surface area contributed by atoms with Gasteiger partial charge in [-0.25, -0.2) is 14.6 Å². The third-order valence-corrected chi connectivity index (χ3v) is 6.57. The van der Waals surface area contributed by atoms with E-state index in [1.807, 2.05) is 76.9 Å². The van der Waals surface area contributed by atoms with Gasteiger partial charge in [0.25, 0.3) is 0 Å². The molecule has 35 heavy (non-hydrogen) atoms. The van der Waals surface area contributed by atoms with Crippen molar-refractivity contribution in [3.8, 4) is 11.1 Å². The lowest BCUT2D eigenvalue weighted by molar-refractivity contribution is 0.0212. The molecule has 2 aromatic rings. The van der Waals surface area contributed by atoms with Crippen LogP contribution in [0.5, 0.6) is 0 Å². The van der Waals surface area contributed by atoms with Gasteiger partial charge in [0.1, 0.15) is 16.4 Å². The normalized spacial score (nSPS) is 21.7. The van der Waals surface area contributed by atoms with Crippen molar-refractivity contribution in [3.05, 3.63) is 47.2 Å². The molecule has 2 bridgehead atoms. The van der Waals surface area contributed by atoms with Crippen LogP contribution in [-0.2, 0) is 9.47 Å². The molecule has 2 aliphatic heterocycles. The molecule has 8 heteroatoms. The maximum absolute atomic E-state index is 12.9. The van der Waals surface area contributed by atoms with Crippen LogP contribution in [0.25, 0.3) is 11.1 Å². The number of nitrogens with zero attached hydrogens (tertiary/aromatic N) is 2. The van der Waals surface area contributed by atoms with Gasteiger partial charge in [0.15, 0.2) is 0 Å². The van der Waals surface area contributed by atoms with Crippen LogP contribution in [0.3, 0.4) is 0 Å². The molecule has 7 nitrogen and oxygen atoms in total. The molecule has 4 rings (SSSR count). The first-order valence-corrected chi connectivity index (χ1v) is 12.5. The molecule has 1 N–H and O–H groups in total. The van der Waals surface area contributed by atoms with Crippen LogP contribution < -0.4 is 5.32 Å². The molecule has 0 radical (unpaired) electrons. The first-order valence-electron chi connectivity index (χ1n) is 12.1. The number of hydrogen-bond acceptors (Lipinski definition) is 5. The number of hydrogen-bond donors (Lipinski definition) is 1. The van der Waals surface area contributed by atoms with Crippen molar-refractivity contribution in [1.29, 1.82) is 0 Å². The average Bonchev–Trinajstić information content (AvgIpc) is 3.31. The number of carbonyl (C=O) groups excluding carboxylic acids is 2. The van der Waals surface area contributed by atoms with E-state index in [0.29, 0.717) is 10.8 Å². The van der Waals surface area contributed by atoms with Crippen molar-refractivity contribution in [2.75, 3.05) is 5.32 Å². The maximum Gasteiger partial charge on any atom is 0.412 e. The van der Waals surface area contributed by atoms with Crippen molar-refractivity contribution < 1.29 is 19.1 Å². The minimum Gasteiger partial charge on any atom is -0.444 e. The van der Waals surface area contributed by atoms with Crippen molar-refractivity contribution in [2.24, 2.45) is 0 Å². The second kappa shape index (κ2) is 9.34. The lowest BCUT2D eigenvalue weighted by Crippen LogP contribution is -2.40. The van der Waals surface area contributed by atoms with Gasteiger partial charge in [-0.05, 0) is 90.1 Å². The minimum absolute atomic E-state index is 0.103. The van der Waals surface area contributed by atoms with Crippen LogP contribution in [0.4, 0.5) is 15.3 Å². The molecule has 1 aromatic carbocycles. The summed E-state index contributed by atoms with van der Waals surface area (Å²) in [7, 11) is 0. The number of benzene rings is 1. The predicted octanol–water partition coefficient (Wildman–Crippen LogP) is 7.00. The van der Waals surface area contributed by atoms with Gasteiger partial charge in [0.2, 0.25) is 0 Å². The topological polar surface area (TPSA) is 80.8 Å². The van der Waals surface area contributed by atoms with E-state index in [-0.39, 0.29) is 24.1 Å². The van der Waals surface area contributed by atoms with E-state index < -0.39 is 17.3 Å². The Morgan fingerprint density at radius 2 is 1.69 bits per heavy atom. The summed E-state index contributed by atoms with van der Waals surface area (Å²) in [4.78, 5) is 31.3. The zero-order valence-electron chi connectivity index (χ0n) is 21.2. The molecule has 0 unspecified atom stereocenters. The Bertz CT molecular complexity index is 1100. The van der Waals surface area contributed by atoms with Crippen LogP contribution in [0.15, 0.2) is 36.5 Å². The van der Waals surface area contributed by atoms with Crippen LogP contribution in [0, 0.1) is 0 Å². The van der Waals surface area contributed by atoms with Crippen LogP contribution in [0.1, 0.15) is 72.3 Å². The van der Waals surface area contributed by atoms with Gasteiger partial charge in [0.05, 0.1) is 0 Å². The number of amides is 2. The highest BCUT2D eigenvalue weighted by Gasteiger charge is 2.50. The van der Waals surface area contributed by atoms with Crippen LogP contribution in [-0.4, -0.2) is 45.4 Å². The van der Waals surface area contributed by atoms with Crippen LogP contribution >= 0.6 is 11.6 Å². The lowest BCUT2D eigenvalue weighted by Gasteiger charge is -2.28. The maximum atomic E-state index is 12.9. The predicted molar refractivity (Wildman–Crippen MR) is 137 cm³/mol. The van der Waals surface area contributed by atoms with Gasteiger partial charge in [-0.2, -0.15) is 0 Å². The van der Waals surface area contributed by atoms with Gasteiger partial charge in [-0.15, -0.1) is 0 Å². The number of nitrogens with one attached hydrogen (secondary N) is 1. The van der Waals surface area contributed by atoms with Crippen LogP contribution in [0.2, 0.25) is 5.15 Å². The summed E-state index contributed by atoms with van der Waals surface area (Å²) in [6.07, 6.45) is 3.94. The van der Waals surface area contributed by atoms with Gasteiger partial charge in [0, 0.05) is 35.4 Å². The fourth-order valence-electron chi connectivity index (χ4n) is 4.97. The van der Waals surface area contributed by atoms with E-state index in [2.05, 4.69) is 16.4 Å². The molecule has 2 fully saturated rings. The Morgan fingerprint density at radius 1 is 1.03 bits per heavy atom. The highest BCUT2D eigenvalue weighted by atomic mass is 35.5. The third-order valence-electron chi connectivity index (χ3n) is 6.27. The smallest absolute Gasteiger partial charge is 0.412 e. The number of anilines is 1. The van der Waals surface area contributed by atoms with E-state index in [9.17, 15) is 9.59 Å². The quantitative estimate of drug-likeness (QED) is 0.459.